The highest BCUT2D eigenvalue weighted by molar-refractivity contribution is 7.87. The van der Waals surface area contributed by atoms with E-state index in [-0.39, 0.29) is 12.4 Å². The van der Waals surface area contributed by atoms with E-state index in [1.807, 2.05) is 13.8 Å². The summed E-state index contributed by atoms with van der Waals surface area (Å²) in [5.74, 6) is 0. The second kappa shape index (κ2) is 7.45. The molecule has 0 spiro atoms. The molecule has 0 aromatic carbocycles. The van der Waals surface area contributed by atoms with Gasteiger partial charge in [-0.3, -0.25) is 0 Å². The van der Waals surface area contributed by atoms with Crippen molar-refractivity contribution in [2.75, 3.05) is 26.2 Å². The Labute approximate surface area is 105 Å². The van der Waals surface area contributed by atoms with Gasteiger partial charge in [-0.2, -0.15) is 12.7 Å². The summed E-state index contributed by atoms with van der Waals surface area (Å²) >= 11 is 0. The molecule has 0 amide bonds. The van der Waals surface area contributed by atoms with Crippen LogP contribution in [0.1, 0.15) is 26.7 Å². The average molecular weight is 272 g/mol. The van der Waals surface area contributed by atoms with Crippen molar-refractivity contribution in [1.29, 1.82) is 0 Å². The first kappa shape index (κ1) is 16.1. The predicted molar refractivity (Wildman–Crippen MR) is 68.1 cm³/mol. The van der Waals surface area contributed by atoms with Crippen molar-refractivity contribution in [2.45, 2.75) is 32.7 Å². The lowest BCUT2D eigenvalue weighted by molar-refractivity contribution is 0.430. The van der Waals surface area contributed by atoms with Crippen molar-refractivity contribution in [2.24, 2.45) is 0 Å². The van der Waals surface area contributed by atoms with Gasteiger partial charge in [0.2, 0.25) is 0 Å². The molecule has 98 valence electrons. The highest BCUT2D eigenvalue weighted by atomic mass is 35.5. The summed E-state index contributed by atoms with van der Waals surface area (Å²) in [5.41, 5.74) is 0. The fourth-order valence-corrected chi connectivity index (χ4v) is 3.07. The zero-order chi connectivity index (χ0) is 11.3. The normalized spacial score (nSPS) is 21.1. The highest BCUT2D eigenvalue weighted by Gasteiger charge is 2.21. The average Bonchev–Trinajstić information content (AvgIpc) is 2.69. The van der Waals surface area contributed by atoms with Gasteiger partial charge in [-0.25, -0.2) is 4.72 Å². The van der Waals surface area contributed by atoms with Gasteiger partial charge in [0, 0.05) is 25.7 Å². The van der Waals surface area contributed by atoms with E-state index >= 15 is 0 Å². The van der Waals surface area contributed by atoms with Crippen molar-refractivity contribution in [3.05, 3.63) is 0 Å². The van der Waals surface area contributed by atoms with Crippen molar-refractivity contribution in [1.82, 2.24) is 14.3 Å². The minimum Gasteiger partial charge on any atom is -0.313 e. The Kier molecular flexibility index (Phi) is 7.50. The van der Waals surface area contributed by atoms with Gasteiger partial charge in [-0.05, 0) is 19.4 Å². The second-order valence-corrected chi connectivity index (χ2v) is 5.49. The van der Waals surface area contributed by atoms with Crippen molar-refractivity contribution in [3.8, 4) is 0 Å². The van der Waals surface area contributed by atoms with Gasteiger partial charge in [0.05, 0.1) is 0 Å². The number of nitrogens with zero attached hydrogens (tertiary/aromatic N) is 1. The molecular weight excluding hydrogens is 250 g/mol. The fourth-order valence-electron chi connectivity index (χ4n) is 1.79. The zero-order valence-corrected chi connectivity index (χ0v) is 11.5. The Morgan fingerprint density at radius 2 is 2.00 bits per heavy atom. The maximum absolute atomic E-state index is 11.7. The van der Waals surface area contributed by atoms with Crippen LogP contribution in [0.4, 0.5) is 0 Å². The number of halogens is 1. The Bertz CT molecular complexity index is 274. The van der Waals surface area contributed by atoms with Crippen LogP contribution >= 0.6 is 12.4 Å². The van der Waals surface area contributed by atoms with E-state index in [4.69, 9.17) is 0 Å². The monoisotopic (exact) mass is 271 g/mol. The molecule has 1 atom stereocenters. The molecule has 0 bridgehead atoms. The van der Waals surface area contributed by atoms with Crippen molar-refractivity contribution in [3.63, 3.8) is 0 Å². The molecule has 1 rings (SSSR count). The molecule has 2 N–H and O–H groups in total. The molecule has 1 aliphatic heterocycles. The molecule has 1 fully saturated rings. The molecule has 0 aliphatic carbocycles. The van der Waals surface area contributed by atoms with Gasteiger partial charge in [-0.15, -0.1) is 12.4 Å². The summed E-state index contributed by atoms with van der Waals surface area (Å²) in [6, 6.07) is 0.301. The van der Waals surface area contributed by atoms with Crippen LogP contribution in [0, 0.1) is 0 Å². The summed E-state index contributed by atoms with van der Waals surface area (Å²) in [6.45, 7) is 6.22. The minimum atomic E-state index is -3.27. The Balaban J connectivity index is 0.00000225. The highest BCUT2D eigenvalue weighted by Crippen LogP contribution is 2.04. The van der Waals surface area contributed by atoms with E-state index in [0.717, 1.165) is 19.4 Å². The third-order valence-corrected chi connectivity index (χ3v) is 4.45. The maximum Gasteiger partial charge on any atom is 0.279 e. The van der Waals surface area contributed by atoms with Gasteiger partial charge < -0.3 is 5.32 Å². The third kappa shape index (κ3) is 4.55. The maximum atomic E-state index is 11.7. The number of hydrogen-bond acceptors (Lipinski definition) is 3. The SMILES string of the molecule is CCN(CC)S(=O)(=O)NCC1CCCN1.Cl. The van der Waals surface area contributed by atoms with Crippen LogP contribution in [-0.2, 0) is 10.2 Å². The van der Waals surface area contributed by atoms with Gasteiger partial charge in [0.1, 0.15) is 0 Å². The van der Waals surface area contributed by atoms with E-state index in [0.29, 0.717) is 25.7 Å². The molecule has 0 radical (unpaired) electrons. The lowest BCUT2D eigenvalue weighted by Crippen LogP contribution is -2.45. The summed E-state index contributed by atoms with van der Waals surface area (Å²) in [7, 11) is -3.27. The molecule has 1 heterocycles. The van der Waals surface area contributed by atoms with E-state index in [1.165, 1.54) is 4.31 Å². The standard InChI is InChI=1S/C9H21N3O2S.ClH/c1-3-12(4-2)15(13,14)11-8-9-6-5-7-10-9;/h9-11H,3-8H2,1-2H3;1H. The fraction of sp³-hybridized carbons (Fsp3) is 1.00. The molecule has 16 heavy (non-hydrogen) atoms. The lowest BCUT2D eigenvalue weighted by atomic mass is 10.2. The van der Waals surface area contributed by atoms with E-state index in [9.17, 15) is 8.42 Å². The van der Waals surface area contributed by atoms with Gasteiger partial charge in [0.15, 0.2) is 0 Å². The van der Waals surface area contributed by atoms with Crippen LogP contribution < -0.4 is 10.0 Å². The smallest absolute Gasteiger partial charge is 0.279 e. The first-order valence-corrected chi connectivity index (χ1v) is 7.02. The summed E-state index contributed by atoms with van der Waals surface area (Å²) in [5, 5.41) is 3.26. The van der Waals surface area contributed by atoms with Crippen LogP contribution in [0.2, 0.25) is 0 Å². The summed E-state index contributed by atoms with van der Waals surface area (Å²) in [4.78, 5) is 0. The van der Waals surface area contributed by atoms with Gasteiger partial charge >= 0.3 is 0 Å². The van der Waals surface area contributed by atoms with E-state index in [1.54, 1.807) is 0 Å². The van der Waals surface area contributed by atoms with Gasteiger partial charge in [-0.1, -0.05) is 13.8 Å². The first-order valence-electron chi connectivity index (χ1n) is 5.58. The number of rotatable bonds is 6. The lowest BCUT2D eigenvalue weighted by Gasteiger charge is -2.20. The third-order valence-electron chi connectivity index (χ3n) is 2.72. The number of nitrogens with one attached hydrogen (secondary N) is 2. The topological polar surface area (TPSA) is 61.4 Å². The zero-order valence-electron chi connectivity index (χ0n) is 9.90. The van der Waals surface area contributed by atoms with Crippen LogP contribution in [0.5, 0.6) is 0 Å². The molecular formula is C9H22ClN3O2S. The molecule has 5 nitrogen and oxygen atoms in total. The quantitative estimate of drug-likeness (QED) is 0.732. The van der Waals surface area contributed by atoms with Crippen LogP contribution in [0.25, 0.3) is 0 Å². The van der Waals surface area contributed by atoms with E-state index < -0.39 is 10.2 Å². The van der Waals surface area contributed by atoms with Crippen LogP contribution in [-0.4, -0.2) is 44.9 Å². The van der Waals surface area contributed by atoms with Crippen molar-refractivity contribution >= 4 is 22.6 Å². The molecule has 0 saturated carbocycles. The molecule has 0 aromatic heterocycles. The molecule has 0 aromatic rings. The van der Waals surface area contributed by atoms with Crippen molar-refractivity contribution < 1.29 is 8.42 Å². The largest absolute Gasteiger partial charge is 0.313 e. The van der Waals surface area contributed by atoms with Crippen LogP contribution in [0.3, 0.4) is 0 Å². The predicted octanol–water partition coefficient (Wildman–Crippen LogP) is 0.336. The van der Waals surface area contributed by atoms with Gasteiger partial charge in [0.25, 0.3) is 10.2 Å². The number of hydrogen-bond donors (Lipinski definition) is 2. The molecule has 7 heteroatoms. The Hall–Kier alpha value is 0.120. The summed E-state index contributed by atoms with van der Waals surface area (Å²) < 4.78 is 27.5. The van der Waals surface area contributed by atoms with E-state index in [2.05, 4.69) is 10.0 Å². The molecule has 1 saturated heterocycles. The second-order valence-electron chi connectivity index (χ2n) is 3.73. The Morgan fingerprint density at radius 1 is 1.38 bits per heavy atom. The minimum absolute atomic E-state index is 0. The first-order chi connectivity index (χ1) is 7.10. The molecule has 1 aliphatic rings. The summed E-state index contributed by atoms with van der Waals surface area (Å²) in [6.07, 6.45) is 2.19. The van der Waals surface area contributed by atoms with Crippen LogP contribution in [0.15, 0.2) is 0 Å². The Morgan fingerprint density at radius 3 is 2.44 bits per heavy atom. The molecule has 1 unspecified atom stereocenters.